The molecule has 0 aliphatic heterocycles. The van der Waals surface area contributed by atoms with Crippen molar-refractivity contribution in [3.63, 3.8) is 0 Å². The van der Waals surface area contributed by atoms with E-state index in [0.717, 1.165) is 0 Å². The average Bonchev–Trinajstić information content (AvgIpc) is 1.82. The summed E-state index contributed by atoms with van der Waals surface area (Å²) in [6.45, 7) is 1.73. The highest BCUT2D eigenvalue weighted by atomic mass is 16.3. The fraction of sp³-hybridized carbons (Fsp3) is 1.00. The number of aliphatic hydroxyl groups excluding tert-OH is 3. The fourth-order valence-corrected chi connectivity index (χ4v) is 0.383. The molecular formula is C5H13NO3. The molecule has 0 amide bonds. The normalized spacial score (nSPS) is 17.3. The Labute approximate surface area is 54.1 Å². The van der Waals surface area contributed by atoms with Crippen LogP contribution in [0.1, 0.15) is 6.92 Å². The Morgan fingerprint density at radius 2 is 2.00 bits per heavy atom. The van der Waals surface area contributed by atoms with Crippen LogP contribution in [0.5, 0.6) is 0 Å². The second kappa shape index (κ2) is 4.69. The first-order chi connectivity index (χ1) is 4.18. The van der Waals surface area contributed by atoms with E-state index in [1.54, 1.807) is 0 Å². The lowest BCUT2D eigenvalue weighted by Gasteiger charge is -2.13. The molecule has 0 rings (SSSR count). The van der Waals surface area contributed by atoms with E-state index < -0.39 is 12.3 Å². The van der Waals surface area contributed by atoms with Crippen LogP contribution in [0, 0.1) is 0 Å². The highest BCUT2D eigenvalue weighted by molar-refractivity contribution is 4.57. The van der Waals surface area contributed by atoms with E-state index in [-0.39, 0.29) is 6.61 Å². The van der Waals surface area contributed by atoms with Crippen molar-refractivity contribution in [1.82, 2.24) is 5.32 Å². The molecule has 0 aromatic carbocycles. The zero-order chi connectivity index (χ0) is 7.28. The van der Waals surface area contributed by atoms with Crippen LogP contribution < -0.4 is 5.32 Å². The predicted octanol–water partition coefficient (Wildman–Crippen LogP) is -1.73. The average molecular weight is 135 g/mol. The third-order valence-corrected chi connectivity index (χ3v) is 0.922. The molecule has 0 aromatic rings. The van der Waals surface area contributed by atoms with Gasteiger partial charge in [-0.3, -0.25) is 5.32 Å². The molecule has 0 aliphatic carbocycles. The van der Waals surface area contributed by atoms with Gasteiger partial charge in [-0.15, -0.1) is 0 Å². The van der Waals surface area contributed by atoms with Crippen LogP contribution in [0.15, 0.2) is 0 Å². The van der Waals surface area contributed by atoms with Gasteiger partial charge in [0, 0.05) is 6.54 Å². The Morgan fingerprint density at radius 3 is 2.33 bits per heavy atom. The molecule has 0 bridgehead atoms. The molecule has 0 saturated carbocycles. The first-order valence-corrected chi connectivity index (χ1v) is 2.89. The van der Waals surface area contributed by atoms with Gasteiger partial charge in [0.15, 0.2) is 0 Å². The van der Waals surface area contributed by atoms with Gasteiger partial charge in [0.1, 0.15) is 6.23 Å². The van der Waals surface area contributed by atoms with Crippen LogP contribution in [-0.2, 0) is 0 Å². The minimum absolute atomic E-state index is 0.0379. The van der Waals surface area contributed by atoms with Crippen molar-refractivity contribution < 1.29 is 15.3 Å². The largest absolute Gasteiger partial charge is 0.395 e. The minimum atomic E-state index is -0.933. The van der Waals surface area contributed by atoms with Crippen molar-refractivity contribution in [2.24, 2.45) is 0 Å². The number of hydrogen-bond acceptors (Lipinski definition) is 4. The first-order valence-electron chi connectivity index (χ1n) is 2.89. The van der Waals surface area contributed by atoms with Gasteiger partial charge < -0.3 is 15.3 Å². The molecule has 4 heteroatoms. The Kier molecular flexibility index (Phi) is 4.61. The molecule has 0 aromatic heterocycles. The molecule has 0 heterocycles. The summed E-state index contributed by atoms with van der Waals surface area (Å²) in [6, 6.07) is 0. The highest BCUT2D eigenvalue weighted by Crippen LogP contribution is 1.84. The lowest BCUT2D eigenvalue weighted by atomic mass is 10.3. The molecule has 9 heavy (non-hydrogen) atoms. The topological polar surface area (TPSA) is 72.7 Å². The molecule has 0 saturated heterocycles. The molecule has 2 unspecified atom stereocenters. The van der Waals surface area contributed by atoms with Gasteiger partial charge >= 0.3 is 0 Å². The summed E-state index contributed by atoms with van der Waals surface area (Å²) < 4.78 is 0. The number of aliphatic hydroxyl groups is 3. The van der Waals surface area contributed by atoms with E-state index in [1.807, 2.05) is 0 Å². The summed E-state index contributed by atoms with van der Waals surface area (Å²) in [5.74, 6) is 0. The molecule has 4 nitrogen and oxygen atoms in total. The van der Waals surface area contributed by atoms with Gasteiger partial charge in [0.25, 0.3) is 0 Å². The zero-order valence-electron chi connectivity index (χ0n) is 5.41. The summed E-state index contributed by atoms with van der Waals surface area (Å²) in [5.41, 5.74) is 0. The maximum absolute atomic E-state index is 8.79. The fourth-order valence-electron chi connectivity index (χ4n) is 0.383. The van der Waals surface area contributed by atoms with Crippen LogP contribution in [0.4, 0.5) is 0 Å². The second-order valence-electron chi connectivity index (χ2n) is 1.86. The van der Waals surface area contributed by atoms with Crippen LogP contribution >= 0.6 is 0 Å². The molecule has 0 fully saturated rings. The van der Waals surface area contributed by atoms with Crippen molar-refractivity contribution >= 4 is 0 Å². The van der Waals surface area contributed by atoms with Gasteiger partial charge in [-0.1, -0.05) is 0 Å². The van der Waals surface area contributed by atoms with Crippen LogP contribution in [0.2, 0.25) is 0 Å². The molecule has 56 valence electrons. The van der Waals surface area contributed by atoms with Crippen LogP contribution in [0.25, 0.3) is 0 Å². The number of hydrogen-bond donors (Lipinski definition) is 4. The summed E-state index contributed by atoms with van der Waals surface area (Å²) in [4.78, 5) is 0. The van der Waals surface area contributed by atoms with Crippen LogP contribution in [0.3, 0.4) is 0 Å². The SMILES string of the molecule is CC(O)C(O)NCCO. The molecule has 0 spiro atoms. The van der Waals surface area contributed by atoms with E-state index in [4.69, 9.17) is 15.3 Å². The smallest absolute Gasteiger partial charge is 0.130 e. The third-order valence-electron chi connectivity index (χ3n) is 0.922. The maximum atomic E-state index is 8.79. The van der Waals surface area contributed by atoms with E-state index in [0.29, 0.717) is 6.54 Å². The lowest BCUT2D eigenvalue weighted by molar-refractivity contribution is 0.00712. The molecular weight excluding hydrogens is 122 g/mol. The zero-order valence-corrected chi connectivity index (χ0v) is 5.41. The molecule has 4 N–H and O–H groups in total. The number of rotatable bonds is 4. The first kappa shape index (κ1) is 8.84. The Balaban J connectivity index is 3.16. The van der Waals surface area contributed by atoms with Gasteiger partial charge in [-0.2, -0.15) is 0 Å². The summed E-state index contributed by atoms with van der Waals surface area (Å²) in [7, 11) is 0. The number of nitrogens with one attached hydrogen (secondary N) is 1. The van der Waals surface area contributed by atoms with Crippen molar-refractivity contribution in [2.75, 3.05) is 13.2 Å². The van der Waals surface area contributed by atoms with Gasteiger partial charge in [-0.05, 0) is 6.92 Å². The third kappa shape index (κ3) is 4.35. The van der Waals surface area contributed by atoms with Gasteiger partial charge in [-0.25, -0.2) is 0 Å². The monoisotopic (exact) mass is 135 g/mol. The highest BCUT2D eigenvalue weighted by Gasteiger charge is 2.07. The predicted molar refractivity (Wildman–Crippen MR) is 32.8 cm³/mol. The van der Waals surface area contributed by atoms with Gasteiger partial charge in [0.2, 0.25) is 0 Å². The molecule has 0 aliphatic rings. The van der Waals surface area contributed by atoms with E-state index in [1.165, 1.54) is 6.92 Å². The summed E-state index contributed by atoms with van der Waals surface area (Å²) >= 11 is 0. The molecule has 0 radical (unpaired) electrons. The quantitative estimate of drug-likeness (QED) is 0.346. The Hall–Kier alpha value is -0.160. The maximum Gasteiger partial charge on any atom is 0.130 e. The summed E-state index contributed by atoms with van der Waals surface area (Å²) in [6.07, 6.45) is -1.73. The molecule has 2 atom stereocenters. The Morgan fingerprint density at radius 1 is 1.44 bits per heavy atom. The minimum Gasteiger partial charge on any atom is -0.395 e. The van der Waals surface area contributed by atoms with Crippen LogP contribution in [-0.4, -0.2) is 40.8 Å². The van der Waals surface area contributed by atoms with Crippen molar-refractivity contribution in [3.05, 3.63) is 0 Å². The standard InChI is InChI=1S/C5H13NO3/c1-4(8)5(9)6-2-3-7/h4-9H,2-3H2,1H3. The van der Waals surface area contributed by atoms with Gasteiger partial charge in [0.05, 0.1) is 12.7 Å². The summed E-state index contributed by atoms with van der Waals surface area (Å²) in [5, 5.41) is 28.2. The second-order valence-corrected chi connectivity index (χ2v) is 1.86. The van der Waals surface area contributed by atoms with E-state index in [2.05, 4.69) is 5.32 Å². The Bertz CT molecular complexity index is 67.2. The van der Waals surface area contributed by atoms with E-state index in [9.17, 15) is 0 Å². The van der Waals surface area contributed by atoms with E-state index >= 15 is 0 Å². The van der Waals surface area contributed by atoms with Crippen molar-refractivity contribution in [3.8, 4) is 0 Å². The van der Waals surface area contributed by atoms with Crippen molar-refractivity contribution in [1.29, 1.82) is 0 Å². The lowest BCUT2D eigenvalue weighted by Crippen LogP contribution is -2.39. The van der Waals surface area contributed by atoms with Crippen molar-refractivity contribution in [2.45, 2.75) is 19.3 Å².